The fourth-order valence-corrected chi connectivity index (χ4v) is 0.994. The van der Waals surface area contributed by atoms with E-state index in [1.54, 1.807) is 12.1 Å². The van der Waals surface area contributed by atoms with Crippen LogP contribution in [0.1, 0.15) is 33.3 Å². The molecule has 3 N–H and O–H groups in total. The minimum absolute atomic E-state index is 0.0522. The lowest BCUT2D eigenvalue weighted by Gasteiger charge is -2.02. The summed E-state index contributed by atoms with van der Waals surface area (Å²) in [7, 11) is 1.88. The lowest BCUT2D eigenvalue weighted by atomic mass is 10.1. The van der Waals surface area contributed by atoms with Crippen molar-refractivity contribution in [3.8, 4) is 11.5 Å². The van der Waals surface area contributed by atoms with E-state index < -0.39 is 0 Å². The standard InChI is InChI=1S/C9H13NO2.2C2H6/c1-10-5-4-7-2-3-8(11)9(12)6-7;2*1-2/h2-3,6,10-12H,4-5H2,1H3;2*1-2H3. The zero-order valence-electron chi connectivity index (χ0n) is 11.0. The molecule has 0 aliphatic heterocycles. The Kier molecular flexibility index (Phi) is 12.7. The third-order valence-electron chi connectivity index (χ3n) is 1.70. The summed E-state index contributed by atoms with van der Waals surface area (Å²) in [4.78, 5) is 0. The van der Waals surface area contributed by atoms with Crippen molar-refractivity contribution in [3.63, 3.8) is 0 Å². The molecule has 0 aliphatic carbocycles. The highest BCUT2D eigenvalue weighted by Crippen LogP contribution is 2.24. The van der Waals surface area contributed by atoms with E-state index in [2.05, 4.69) is 5.32 Å². The zero-order chi connectivity index (χ0) is 13.0. The minimum Gasteiger partial charge on any atom is -0.504 e. The molecule has 0 amide bonds. The largest absolute Gasteiger partial charge is 0.504 e. The molecular formula is C13H25NO2. The van der Waals surface area contributed by atoms with Gasteiger partial charge in [0, 0.05) is 0 Å². The van der Waals surface area contributed by atoms with E-state index in [0.29, 0.717) is 0 Å². The third kappa shape index (κ3) is 7.12. The molecule has 3 nitrogen and oxygen atoms in total. The number of phenols is 2. The zero-order valence-corrected chi connectivity index (χ0v) is 11.0. The maximum absolute atomic E-state index is 9.13. The van der Waals surface area contributed by atoms with Crippen molar-refractivity contribution in [3.05, 3.63) is 23.8 Å². The summed E-state index contributed by atoms with van der Waals surface area (Å²) in [5, 5.41) is 21.1. The number of phenolic OH excluding ortho intramolecular Hbond substituents is 2. The minimum atomic E-state index is -0.0665. The van der Waals surface area contributed by atoms with Crippen LogP contribution in [-0.2, 0) is 6.42 Å². The molecule has 3 heteroatoms. The van der Waals surface area contributed by atoms with E-state index in [9.17, 15) is 0 Å². The highest BCUT2D eigenvalue weighted by Gasteiger charge is 1.99. The average Bonchev–Trinajstić information content (AvgIpc) is 2.36. The molecule has 16 heavy (non-hydrogen) atoms. The summed E-state index contributed by atoms with van der Waals surface area (Å²) in [5.41, 5.74) is 1.01. The van der Waals surface area contributed by atoms with Gasteiger partial charge in [0.15, 0.2) is 11.5 Å². The number of nitrogens with one attached hydrogen (secondary N) is 1. The van der Waals surface area contributed by atoms with E-state index in [-0.39, 0.29) is 11.5 Å². The Labute approximate surface area is 99.1 Å². The smallest absolute Gasteiger partial charge is 0.157 e. The fraction of sp³-hybridized carbons (Fsp3) is 0.538. The molecule has 0 heterocycles. The maximum Gasteiger partial charge on any atom is 0.157 e. The van der Waals surface area contributed by atoms with Gasteiger partial charge in [-0.1, -0.05) is 33.8 Å². The van der Waals surface area contributed by atoms with E-state index in [1.165, 1.54) is 6.07 Å². The van der Waals surface area contributed by atoms with Crippen molar-refractivity contribution in [1.82, 2.24) is 5.32 Å². The van der Waals surface area contributed by atoms with Crippen molar-refractivity contribution >= 4 is 0 Å². The van der Waals surface area contributed by atoms with Crippen molar-refractivity contribution in [2.24, 2.45) is 0 Å². The van der Waals surface area contributed by atoms with E-state index in [4.69, 9.17) is 10.2 Å². The maximum atomic E-state index is 9.13. The van der Waals surface area contributed by atoms with Crippen molar-refractivity contribution in [1.29, 1.82) is 0 Å². The topological polar surface area (TPSA) is 52.5 Å². The van der Waals surface area contributed by atoms with Crippen LogP contribution in [0.25, 0.3) is 0 Å². The van der Waals surface area contributed by atoms with Crippen LogP contribution < -0.4 is 5.32 Å². The van der Waals surface area contributed by atoms with Gasteiger partial charge in [0.05, 0.1) is 0 Å². The van der Waals surface area contributed by atoms with Crippen LogP contribution in [0.2, 0.25) is 0 Å². The molecule has 0 atom stereocenters. The first-order chi connectivity index (χ1) is 7.74. The van der Waals surface area contributed by atoms with Crippen LogP contribution >= 0.6 is 0 Å². The lowest BCUT2D eigenvalue weighted by Crippen LogP contribution is -2.09. The summed E-state index contributed by atoms with van der Waals surface area (Å²) in [6.07, 6.45) is 0.852. The van der Waals surface area contributed by atoms with Crippen LogP contribution in [0.4, 0.5) is 0 Å². The second kappa shape index (κ2) is 11.9. The molecule has 94 valence electrons. The van der Waals surface area contributed by atoms with Gasteiger partial charge in [-0.25, -0.2) is 0 Å². The highest BCUT2D eigenvalue weighted by atomic mass is 16.3. The van der Waals surface area contributed by atoms with Gasteiger partial charge in [0.1, 0.15) is 0 Å². The molecular weight excluding hydrogens is 202 g/mol. The first-order valence-corrected chi connectivity index (χ1v) is 5.89. The fourth-order valence-electron chi connectivity index (χ4n) is 0.994. The Morgan fingerprint density at radius 2 is 1.56 bits per heavy atom. The molecule has 0 aliphatic rings. The van der Waals surface area contributed by atoms with Crippen LogP contribution in [-0.4, -0.2) is 23.8 Å². The SMILES string of the molecule is CC.CC.CNCCc1ccc(O)c(O)c1. The molecule has 0 radical (unpaired) electrons. The molecule has 1 aromatic carbocycles. The average molecular weight is 227 g/mol. The predicted molar refractivity (Wildman–Crippen MR) is 70.1 cm³/mol. The summed E-state index contributed by atoms with van der Waals surface area (Å²) in [5.74, 6) is -0.119. The van der Waals surface area contributed by atoms with Gasteiger partial charge >= 0.3 is 0 Å². The number of aromatic hydroxyl groups is 2. The molecule has 0 bridgehead atoms. The third-order valence-corrected chi connectivity index (χ3v) is 1.70. The van der Waals surface area contributed by atoms with Crippen LogP contribution in [0.15, 0.2) is 18.2 Å². The summed E-state index contributed by atoms with van der Waals surface area (Å²) in [6.45, 7) is 8.87. The van der Waals surface area contributed by atoms with E-state index >= 15 is 0 Å². The summed E-state index contributed by atoms with van der Waals surface area (Å²) in [6, 6.07) is 4.87. The van der Waals surface area contributed by atoms with Crippen LogP contribution in [0, 0.1) is 0 Å². The number of hydrogen-bond acceptors (Lipinski definition) is 3. The Balaban J connectivity index is 0. The second-order valence-corrected chi connectivity index (χ2v) is 2.68. The number of hydrogen-bond donors (Lipinski definition) is 3. The number of likely N-dealkylation sites (N-methyl/N-ethyl adjacent to an activating group) is 1. The Morgan fingerprint density at radius 3 is 2.00 bits per heavy atom. The molecule has 1 rings (SSSR count). The van der Waals surface area contributed by atoms with Crippen molar-refractivity contribution < 1.29 is 10.2 Å². The van der Waals surface area contributed by atoms with Crippen LogP contribution in [0.3, 0.4) is 0 Å². The van der Waals surface area contributed by atoms with Crippen LogP contribution in [0.5, 0.6) is 11.5 Å². The van der Waals surface area contributed by atoms with Crippen molar-refractivity contribution in [2.75, 3.05) is 13.6 Å². The van der Waals surface area contributed by atoms with Crippen molar-refractivity contribution in [2.45, 2.75) is 34.1 Å². The second-order valence-electron chi connectivity index (χ2n) is 2.68. The van der Waals surface area contributed by atoms with Gasteiger partial charge < -0.3 is 15.5 Å². The first kappa shape index (κ1) is 17.2. The number of rotatable bonds is 3. The van der Waals surface area contributed by atoms with Gasteiger partial charge in [-0.15, -0.1) is 0 Å². The molecule has 0 saturated heterocycles. The Bertz CT molecular complexity index is 262. The number of benzene rings is 1. The lowest BCUT2D eigenvalue weighted by molar-refractivity contribution is 0.403. The Hall–Kier alpha value is -1.22. The van der Waals surface area contributed by atoms with Gasteiger partial charge in [-0.05, 0) is 37.7 Å². The molecule has 0 spiro atoms. The van der Waals surface area contributed by atoms with Gasteiger partial charge in [-0.2, -0.15) is 0 Å². The van der Waals surface area contributed by atoms with E-state index in [0.717, 1.165) is 18.5 Å². The Morgan fingerprint density at radius 1 is 1.00 bits per heavy atom. The monoisotopic (exact) mass is 227 g/mol. The van der Waals surface area contributed by atoms with E-state index in [1.807, 2.05) is 34.7 Å². The normalized spacial score (nSPS) is 8.31. The van der Waals surface area contributed by atoms with Gasteiger partial charge in [0.25, 0.3) is 0 Å². The van der Waals surface area contributed by atoms with Gasteiger partial charge in [-0.3, -0.25) is 0 Å². The predicted octanol–water partition coefficient (Wildman–Crippen LogP) is 2.91. The summed E-state index contributed by atoms with van der Waals surface area (Å²) >= 11 is 0. The summed E-state index contributed by atoms with van der Waals surface area (Å²) < 4.78 is 0. The molecule has 0 aromatic heterocycles. The molecule has 0 fully saturated rings. The molecule has 0 unspecified atom stereocenters. The highest BCUT2D eigenvalue weighted by molar-refractivity contribution is 5.40. The quantitative estimate of drug-likeness (QED) is 0.696. The molecule has 1 aromatic rings. The van der Waals surface area contributed by atoms with Gasteiger partial charge in [0.2, 0.25) is 0 Å². The molecule has 0 saturated carbocycles. The first-order valence-electron chi connectivity index (χ1n) is 5.89.